The molecule has 11 heteroatoms. The second-order valence-corrected chi connectivity index (χ2v) is 8.39. The minimum atomic E-state index is -3.66. The van der Waals surface area contributed by atoms with Crippen LogP contribution in [0, 0.1) is 5.82 Å². The summed E-state index contributed by atoms with van der Waals surface area (Å²) in [5.41, 5.74) is 0.610. The summed E-state index contributed by atoms with van der Waals surface area (Å²) in [6, 6.07) is 9.82. The third-order valence-electron chi connectivity index (χ3n) is 4.12. The van der Waals surface area contributed by atoms with E-state index in [2.05, 4.69) is 15.0 Å². The Labute approximate surface area is 177 Å². The van der Waals surface area contributed by atoms with Gasteiger partial charge in [0.1, 0.15) is 11.7 Å². The van der Waals surface area contributed by atoms with Crippen LogP contribution in [-0.2, 0) is 24.3 Å². The molecule has 0 aliphatic carbocycles. The molecule has 0 saturated heterocycles. The van der Waals surface area contributed by atoms with Gasteiger partial charge in [-0.05, 0) is 37.3 Å². The van der Waals surface area contributed by atoms with Crippen LogP contribution in [0.5, 0.6) is 0 Å². The number of esters is 1. The molecule has 0 aromatic heterocycles. The normalized spacial score (nSPS) is 16.4. The van der Waals surface area contributed by atoms with Crippen molar-refractivity contribution in [1.29, 1.82) is 0 Å². The molecule has 0 bridgehead atoms. The predicted molar refractivity (Wildman–Crippen MR) is 108 cm³/mol. The van der Waals surface area contributed by atoms with E-state index >= 15 is 0 Å². The van der Waals surface area contributed by atoms with Crippen LogP contribution >= 0.6 is 11.6 Å². The molecule has 8 nitrogen and oxygen atoms in total. The van der Waals surface area contributed by atoms with Crippen molar-refractivity contribution in [2.45, 2.75) is 24.3 Å². The van der Waals surface area contributed by atoms with Gasteiger partial charge >= 0.3 is 5.97 Å². The molecular weight excluding hydrogens is 437 g/mol. The smallest absolute Gasteiger partial charge is 0.308 e. The van der Waals surface area contributed by atoms with Gasteiger partial charge in [-0.1, -0.05) is 23.7 Å². The molecule has 30 heavy (non-hydrogen) atoms. The zero-order valence-electron chi connectivity index (χ0n) is 15.7. The number of anilines is 1. The molecule has 2 aromatic rings. The predicted octanol–water partition coefficient (Wildman–Crippen LogP) is 2.48. The van der Waals surface area contributed by atoms with Gasteiger partial charge in [0.2, 0.25) is 0 Å². The second-order valence-electron chi connectivity index (χ2n) is 6.33. The van der Waals surface area contributed by atoms with E-state index < -0.39 is 33.8 Å². The van der Waals surface area contributed by atoms with E-state index in [1.54, 1.807) is 18.2 Å². The lowest BCUT2D eigenvalue weighted by atomic mass is 10.2. The maximum absolute atomic E-state index is 13.1. The fourth-order valence-corrected chi connectivity index (χ4v) is 4.11. The number of halogens is 2. The Morgan fingerprint density at radius 3 is 2.73 bits per heavy atom. The first-order chi connectivity index (χ1) is 14.2. The van der Waals surface area contributed by atoms with Gasteiger partial charge in [-0.3, -0.25) is 19.3 Å². The lowest BCUT2D eigenvalue weighted by molar-refractivity contribution is -0.152. The van der Waals surface area contributed by atoms with Crippen molar-refractivity contribution in [2.75, 3.05) is 11.9 Å². The van der Waals surface area contributed by atoms with Crippen molar-refractivity contribution in [1.82, 2.24) is 4.72 Å². The zero-order valence-corrected chi connectivity index (χ0v) is 17.3. The standard InChI is InChI=1S/C19H17ClFN3O5S/c1-11(19(26)23-15-7-6-12(21)10-14(15)20)29-17(25)8-9-22-18-13-4-2-3-5-16(13)30(27,28)24-18/h2-7,10-11H,8-9H2,1H3,(H,22,24)(H,23,26). The number of carbonyl (C=O) groups excluding carboxylic acids is 2. The molecule has 3 rings (SSSR count). The highest BCUT2D eigenvalue weighted by atomic mass is 35.5. The maximum Gasteiger partial charge on any atom is 0.308 e. The monoisotopic (exact) mass is 453 g/mol. The summed E-state index contributed by atoms with van der Waals surface area (Å²) in [5, 5.41) is 2.46. The van der Waals surface area contributed by atoms with Gasteiger partial charge in [-0.15, -0.1) is 0 Å². The Morgan fingerprint density at radius 1 is 1.27 bits per heavy atom. The van der Waals surface area contributed by atoms with Crippen molar-refractivity contribution in [3.63, 3.8) is 0 Å². The van der Waals surface area contributed by atoms with E-state index in [0.717, 1.165) is 12.1 Å². The molecule has 0 radical (unpaired) electrons. The molecular formula is C19H17ClFN3O5S. The number of nitrogens with one attached hydrogen (secondary N) is 2. The van der Waals surface area contributed by atoms with E-state index in [9.17, 15) is 22.4 Å². The van der Waals surface area contributed by atoms with Crippen LogP contribution in [0.3, 0.4) is 0 Å². The zero-order chi connectivity index (χ0) is 21.9. The number of amides is 1. The Hall–Kier alpha value is -2.98. The van der Waals surface area contributed by atoms with E-state index in [4.69, 9.17) is 16.3 Å². The van der Waals surface area contributed by atoms with Gasteiger partial charge in [-0.25, -0.2) is 12.8 Å². The number of carbonyl (C=O) groups is 2. The fraction of sp³-hybridized carbons (Fsp3) is 0.211. The summed E-state index contributed by atoms with van der Waals surface area (Å²) < 4.78 is 44.5. The highest BCUT2D eigenvalue weighted by molar-refractivity contribution is 7.90. The fourth-order valence-electron chi connectivity index (χ4n) is 2.65. The van der Waals surface area contributed by atoms with Crippen LogP contribution in [0.2, 0.25) is 5.02 Å². The van der Waals surface area contributed by atoms with Gasteiger partial charge in [0, 0.05) is 5.56 Å². The second kappa shape index (κ2) is 8.80. The number of amidine groups is 1. The number of sulfonamides is 1. The number of nitrogens with zero attached hydrogens (tertiary/aromatic N) is 1. The minimum Gasteiger partial charge on any atom is -0.452 e. The minimum absolute atomic E-state index is 0.0111. The lowest BCUT2D eigenvalue weighted by Crippen LogP contribution is -2.30. The van der Waals surface area contributed by atoms with Crippen molar-refractivity contribution < 1.29 is 27.1 Å². The average Bonchev–Trinajstić information content (AvgIpc) is 2.94. The summed E-state index contributed by atoms with van der Waals surface area (Å²) in [5.74, 6) is -1.73. The molecule has 2 N–H and O–H groups in total. The number of ether oxygens (including phenoxy) is 1. The molecule has 0 fully saturated rings. The first-order valence-electron chi connectivity index (χ1n) is 8.79. The summed E-state index contributed by atoms with van der Waals surface area (Å²) >= 11 is 5.84. The summed E-state index contributed by atoms with van der Waals surface area (Å²) in [6.07, 6.45) is -1.29. The number of benzene rings is 2. The molecule has 0 saturated carbocycles. The highest BCUT2D eigenvalue weighted by Gasteiger charge is 2.30. The molecule has 0 spiro atoms. The SMILES string of the molecule is CC(OC(=O)CCN=C1NS(=O)(=O)c2ccccc21)C(=O)Nc1ccc(F)cc1Cl. The quantitative estimate of drug-likeness (QED) is 0.652. The number of fused-ring (bicyclic) bond motifs is 1. The third-order valence-corrected chi connectivity index (χ3v) is 5.82. The van der Waals surface area contributed by atoms with Crippen LogP contribution in [0.15, 0.2) is 52.4 Å². The first kappa shape index (κ1) is 21.7. The molecule has 1 amide bonds. The molecule has 1 atom stereocenters. The van der Waals surface area contributed by atoms with Gasteiger partial charge in [0.05, 0.1) is 28.6 Å². The Kier molecular flexibility index (Phi) is 6.37. The van der Waals surface area contributed by atoms with Gasteiger partial charge in [0.15, 0.2) is 6.10 Å². The van der Waals surface area contributed by atoms with Crippen LogP contribution < -0.4 is 10.0 Å². The van der Waals surface area contributed by atoms with E-state index in [-0.39, 0.29) is 34.4 Å². The number of rotatable bonds is 6. The van der Waals surface area contributed by atoms with Crippen molar-refractivity contribution in [3.05, 3.63) is 58.9 Å². The molecule has 1 aliphatic rings. The molecule has 1 aliphatic heterocycles. The molecule has 2 aromatic carbocycles. The molecule has 1 heterocycles. The maximum atomic E-state index is 13.1. The van der Waals surface area contributed by atoms with E-state index in [1.807, 2.05) is 0 Å². The van der Waals surface area contributed by atoms with Crippen LogP contribution in [-0.4, -0.2) is 38.8 Å². The number of hydrogen-bond acceptors (Lipinski definition) is 6. The van der Waals surface area contributed by atoms with Gasteiger partial charge in [0.25, 0.3) is 15.9 Å². The van der Waals surface area contributed by atoms with Crippen molar-refractivity contribution in [2.24, 2.45) is 4.99 Å². The number of hydrogen-bond donors (Lipinski definition) is 2. The summed E-state index contributed by atoms with van der Waals surface area (Å²) in [7, 11) is -3.66. The van der Waals surface area contributed by atoms with Crippen LogP contribution in [0.25, 0.3) is 0 Å². The van der Waals surface area contributed by atoms with E-state index in [0.29, 0.717) is 5.56 Å². The van der Waals surface area contributed by atoms with Crippen LogP contribution in [0.4, 0.5) is 10.1 Å². The first-order valence-corrected chi connectivity index (χ1v) is 10.7. The highest BCUT2D eigenvalue weighted by Crippen LogP contribution is 2.23. The lowest BCUT2D eigenvalue weighted by Gasteiger charge is -2.14. The summed E-state index contributed by atoms with van der Waals surface area (Å²) in [6.45, 7) is 1.33. The molecule has 158 valence electrons. The summed E-state index contributed by atoms with van der Waals surface area (Å²) in [4.78, 5) is 28.3. The third kappa shape index (κ3) is 4.95. The molecule has 1 unspecified atom stereocenters. The van der Waals surface area contributed by atoms with Crippen molar-refractivity contribution >= 4 is 45.0 Å². The van der Waals surface area contributed by atoms with Gasteiger partial charge in [-0.2, -0.15) is 0 Å². The van der Waals surface area contributed by atoms with Gasteiger partial charge < -0.3 is 10.1 Å². The average molecular weight is 454 g/mol. The topological polar surface area (TPSA) is 114 Å². The largest absolute Gasteiger partial charge is 0.452 e. The Balaban J connectivity index is 1.53. The van der Waals surface area contributed by atoms with Crippen LogP contribution in [0.1, 0.15) is 18.9 Å². The number of aliphatic imine (C=N–C) groups is 1. The van der Waals surface area contributed by atoms with E-state index in [1.165, 1.54) is 19.1 Å². The Bertz CT molecular complexity index is 1140. The van der Waals surface area contributed by atoms with Crippen molar-refractivity contribution in [3.8, 4) is 0 Å². The Morgan fingerprint density at radius 2 is 2.00 bits per heavy atom.